The third-order valence-electron chi connectivity index (χ3n) is 3.47. The maximum Gasteiger partial charge on any atom is 0.227 e. The molecule has 0 aliphatic heterocycles. The van der Waals surface area contributed by atoms with Crippen molar-refractivity contribution in [3.8, 4) is 5.75 Å². The largest absolute Gasteiger partial charge is 0.497 e. The molecule has 1 aromatic heterocycles. The number of benzene rings is 1. The maximum absolute atomic E-state index is 12.3. The number of rotatable bonds is 6. The molecule has 24 heavy (non-hydrogen) atoms. The van der Waals surface area contributed by atoms with E-state index in [1.54, 1.807) is 31.5 Å². The van der Waals surface area contributed by atoms with Gasteiger partial charge in [-0.05, 0) is 42.3 Å². The zero-order valence-corrected chi connectivity index (χ0v) is 14.0. The van der Waals surface area contributed by atoms with E-state index in [-0.39, 0.29) is 18.2 Å². The minimum atomic E-state index is -0.418. The summed E-state index contributed by atoms with van der Waals surface area (Å²) in [7, 11) is 1.59. The SMILES string of the molecule is COc1ccc(C(CC(=O)Nc2cc(C)ccn2)NC(C)=O)cc1. The van der Waals surface area contributed by atoms with Gasteiger partial charge in [0, 0.05) is 13.1 Å². The summed E-state index contributed by atoms with van der Waals surface area (Å²) in [5.41, 5.74) is 1.84. The second kappa shape index (κ2) is 8.10. The van der Waals surface area contributed by atoms with E-state index in [0.717, 1.165) is 11.1 Å². The summed E-state index contributed by atoms with van der Waals surface area (Å²) >= 11 is 0. The van der Waals surface area contributed by atoms with Crippen LogP contribution in [0.3, 0.4) is 0 Å². The van der Waals surface area contributed by atoms with Crippen molar-refractivity contribution in [2.45, 2.75) is 26.3 Å². The molecule has 2 N–H and O–H groups in total. The lowest BCUT2D eigenvalue weighted by Gasteiger charge is -2.18. The van der Waals surface area contributed by atoms with Gasteiger partial charge in [-0.1, -0.05) is 12.1 Å². The minimum absolute atomic E-state index is 0.113. The van der Waals surface area contributed by atoms with Crippen LogP contribution in [0.2, 0.25) is 0 Å². The van der Waals surface area contributed by atoms with E-state index in [1.807, 2.05) is 25.1 Å². The van der Waals surface area contributed by atoms with Gasteiger partial charge in [-0.25, -0.2) is 4.98 Å². The molecule has 0 saturated heterocycles. The van der Waals surface area contributed by atoms with Crippen molar-refractivity contribution < 1.29 is 14.3 Å². The van der Waals surface area contributed by atoms with Crippen molar-refractivity contribution in [1.82, 2.24) is 10.3 Å². The van der Waals surface area contributed by atoms with Gasteiger partial charge >= 0.3 is 0 Å². The Hall–Kier alpha value is -2.89. The van der Waals surface area contributed by atoms with Gasteiger partial charge in [-0.2, -0.15) is 0 Å². The number of carbonyl (C=O) groups is 2. The molecule has 0 spiro atoms. The van der Waals surface area contributed by atoms with Crippen molar-refractivity contribution in [3.05, 3.63) is 53.7 Å². The van der Waals surface area contributed by atoms with Crippen molar-refractivity contribution >= 4 is 17.6 Å². The van der Waals surface area contributed by atoms with Gasteiger partial charge in [0.05, 0.1) is 19.6 Å². The van der Waals surface area contributed by atoms with Crippen molar-refractivity contribution in [2.24, 2.45) is 0 Å². The Morgan fingerprint density at radius 1 is 1.21 bits per heavy atom. The maximum atomic E-state index is 12.3. The fraction of sp³-hybridized carbons (Fsp3) is 0.278. The standard InChI is InChI=1S/C18H21N3O3/c1-12-8-9-19-17(10-12)21-18(23)11-16(20-13(2)22)14-4-6-15(24-3)7-5-14/h4-10,16H,11H2,1-3H3,(H,20,22)(H,19,21,23). The summed E-state index contributed by atoms with van der Waals surface area (Å²) in [5.74, 6) is 0.796. The predicted molar refractivity (Wildman–Crippen MR) is 91.8 cm³/mol. The van der Waals surface area contributed by atoms with Crippen LogP contribution in [0.25, 0.3) is 0 Å². The van der Waals surface area contributed by atoms with Crippen LogP contribution in [0, 0.1) is 6.92 Å². The van der Waals surface area contributed by atoms with E-state index in [9.17, 15) is 9.59 Å². The first kappa shape index (κ1) is 17.5. The molecule has 0 saturated carbocycles. The lowest BCUT2D eigenvalue weighted by Crippen LogP contribution is -2.29. The van der Waals surface area contributed by atoms with Crippen LogP contribution in [0.15, 0.2) is 42.6 Å². The highest BCUT2D eigenvalue weighted by atomic mass is 16.5. The number of hydrogen-bond acceptors (Lipinski definition) is 4. The number of aryl methyl sites for hydroxylation is 1. The van der Waals surface area contributed by atoms with Crippen molar-refractivity contribution in [2.75, 3.05) is 12.4 Å². The summed E-state index contributed by atoms with van der Waals surface area (Å²) in [5, 5.41) is 5.55. The van der Waals surface area contributed by atoms with Gasteiger partial charge in [0.15, 0.2) is 0 Å². The molecule has 6 nitrogen and oxygen atoms in total. The highest BCUT2D eigenvalue weighted by Crippen LogP contribution is 2.21. The molecule has 0 aliphatic rings. The first-order valence-electron chi connectivity index (χ1n) is 7.61. The van der Waals surface area contributed by atoms with Gasteiger partial charge in [0.25, 0.3) is 0 Å². The number of methoxy groups -OCH3 is 1. The van der Waals surface area contributed by atoms with Crippen LogP contribution in [0.1, 0.15) is 30.5 Å². The number of ether oxygens (including phenoxy) is 1. The molecule has 1 unspecified atom stereocenters. The lowest BCUT2D eigenvalue weighted by atomic mass is 10.0. The van der Waals surface area contributed by atoms with E-state index >= 15 is 0 Å². The van der Waals surface area contributed by atoms with E-state index in [2.05, 4.69) is 15.6 Å². The lowest BCUT2D eigenvalue weighted by molar-refractivity contribution is -0.120. The third kappa shape index (κ3) is 5.08. The molecule has 6 heteroatoms. The van der Waals surface area contributed by atoms with Crippen molar-refractivity contribution in [1.29, 1.82) is 0 Å². The Morgan fingerprint density at radius 3 is 2.50 bits per heavy atom. The van der Waals surface area contributed by atoms with E-state index < -0.39 is 6.04 Å². The minimum Gasteiger partial charge on any atom is -0.497 e. The second-order valence-corrected chi connectivity index (χ2v) is 5.50. The topological polar surface area (TPSA) is 80.3 Å². The molecular weight excluding hydrogens is 306 g/mol. The summed E-state index contributed by atoms with van der Waals surface area (Å²) in [6, 6.07) is 10.5. The number of nitrogens with one attached hydrogen (secondary N) is 2. The van der Waals surface area contributed by atoms with E-state index in [1.165, 1.54) is 6.92 Å². The zero-order valence-electron chi connectivity index (χ0n) is 14.0. The average molecular weight is 327 g/mol. The monoisotopic (exact) mass is 327 g/mol. The predicted octanol–water partition coefficient (Wildman–Crippen LogP) is 2.60. The Labute approximate surface area is 141 Å². The number of amides is 2. The molecule has 2 aromatic rings. The highest BCUT2D eigenvalue weighted by molar-refractivity contribution is 5.90. The Bertz CT molecular complexity index is 714. The van der Waals surface area contributed by atoms with Gasteiger partial charge < -0.3 is 15.4 Å². The highest BCUT2D eigenvalue weighted by Gasteiger charge is 2.17. The Morgan fingerprint density at radius 2 is 1.92 bits per heavy atom. The molecule has 1 atom stereocenters. The summed E-state index contributed by atoms with van der Waals surface area (Å²) < 4.78 is 5.13. The Balaban J connectivity index is 2.09. The number of pyridine rings is 1. The number of anilines is 1. The molecule has 126 valence electrons. The van der Waals surface area contributed by atoms with E-state index in [4.69, 9.17) is 4.74 Å². The van der Waals surface area contributed by atoms with Crippen LogP contribution in [0.4, 0.5) is 5.82 Å². The van der Waals surface area contributed by atoms with Gasteiger partial charge in [0.2, 0.25) is 11.8 Å². The summed E-state index contributed by atoms with van der Waals surface area (Å²) in [6.45, 7) is 3.35. The fourth-order valence-corrected chi connectivity index (χ4v) is 2.32. The molecule has 0 bridgehead atoms. The molecule has 0 aliphatic carbocycles. The fourth-order valence-electron chi connectivity index (χ4n) is 2.32. The molecular formula is C18H21N3O3. The first-order chi connectivity index (χ1) is 11.5. The van der Waals surface area contributed by atoms with Crippen LogP contribution < -0.4 is 15.4 Å². The van der Waals surface area contributed by atoms with Crippen LogP contribution >= 0.6 is 0 Å². The van der Waals surface area contributed by atoms with Gasteiger partial charge in [-0.3, -0.25) is 9.59 Å². The smallest absolute Gasteiger partial charge is 0.227 e. The number of nitrogens with zero attached hydrogens (tertiary/aromatic N) is 1. The quantitative estimate of drug-likeness (QED) is 0.854. The summed E-state index contributed by atoms with van der Waals surface area (Å²) in [4.78, 5) is 27.8. The normalized spacial score (nSPS) is 11.5. The Kier molecular flexibility index (Phi) is 5.89. The molecule has 0 fully saturated rings. The van der Waals surface area contributed by atoms with Crippen molar-refractivity contribution in [3.63, 3.8) is 0 Å². The summed E-state index contributed by atoms with van der Waals surface area (Å²) in [6.07, 6.45) is 1.75. The van der Waals surface area contributed by atoms with Crippen LogP contribution in [0.5, 0.6) is 5.75 Å². The third-order valence-corrected chi connectivity index (χ3v) is 3.47. The van der Waals surface area contributed by atoms with Crippen LogP contribution in [-0.2, 0) is 9.59 Å². The molecule has 2 amide bonds. The number of hydrogen-bond donors (Lipinski definition) is 2. The van der Waals surface area contributed by atoms with Gasteiger partial charge in [-0.15, -0.1) is 0 Å². The molecule has 2 rings (SSSR count). The number of aromatic nitrogens is 1. The van der Waals surface area contributed by atoms with E-state index in [0.29, 0.717) is 11.6 Å². The average Bonchev–Trinajstić information content (AvgIpc) is 2.54. The second-order valence-electron chi connectivity index (χ2n) is 5.50. The zero-order chi connectivity index (χ0) is 17.5. The first-order valence-corrected chi connectivity index (χ1v) is 7.61. The van der Waals surface area contributed by atoms with Gasteiger partial charge in [0.1, 0.15) is 11.6 Å². The molecule has 0 radical (unpaired) electrons. The molecule has 1 heterocycles. The number of carbonyl (C=O) groups excluding carboxylic acids is 2. The van der Waals surface area contributed by atoms with Crippen LogP contribution in [-0.4, -0.2) is 23.9 Å². The molecule has 1 aromatic carbocycles.